The maximum atomic E-state index is 12.7. The average molecular weight is 432 g/mol. The molecule has 8 nitrogen and oxygen atoms in total. The Labute approximate surface area is 175 Å². The molecule has 160 valence electrons. The van der Waals surface area contributed by atoms with Crippen LogP contribution in [0.25, 0.3) is 0 Å². The minimum absolute atomic E-state index is 0.000294. The lowest BCUT2D eigenvalue weighted by molar-refractivity contribution is -0.119. The summed E-state index contributed by atoms with van der Waals surface area (Å²) in [5.74, 6) is -1.25. The highest BCUT2D eigenvalue weighted by molar-refractivity contribution is 7.89. The minimum atomic E-state index is -3.73. The van der Waals surface area contributed by atoms with E-state index in [1.54, 1.807) is 6.07 Å². The summed E-state index contributed by atoms with van der Waals surface area (Å²) in [5, 5.41) is 2.67. The van der Waals surface area contributed by atoms with E-state index in [0.717, 1.165) is 12.0 Å². The molecule has 0 spiro atoms. The summed E-state index contributed by atoms with van der Waals surface area (Å²) in [6.07, 6.45) is 0.836. The number of amides is 1. The second-order valence-electron chi connectivity index (χ2n) is 6.72. The second kappa shape index (κ2) is 9.84. The largest absolute Gasteiger partial charge is 0.452 e. The topological polar surface area (TPSA) is 102 Å². The van der Waals surface area contributed by atoms with E-state index in [4.69, 9.17) is 9.47 Å². The molecule has 0 atom stereocenters. The highest BCUT2D eigenvalue weighted by Crippen LogP contribution is 2.19. The number of hydrogen-bond acceptors (Lipinski definition) is 6. The first-order valence-electron chi connectivity index (χ1n) is 9.64. The molecule has 9 heteroatoms. The van der Waals surface area contributed by atoms with E-state index in [0.29, 0.717) is 18.9 Å². The third-order valence-electron chi connectivity index (χ3n) is 4.63. The van der Waals surface area contributed by atoms with Crippen molar-refractivity contribution in [3.8, 4) is 0 Å². The van der Waals surface area contributed by atoms with Crippen LogP contribution in [0.3, 0.4) is 0 Å². The van der Waals surface area contributed by atoms with Gasteiger partial charge in [-0.05, 0) is 42.3 Å². The Kier molecular flexibility index (Phi) is 7.20. The molecule has 0 aliphatic carbocycles. The van der Waals surface area contributed by atoms with Crippen molar-refractivity contribution in [2.75, 3.05) is 38.2 Å². The number of rotatable bonds is 7. The van der Waals surface area contributed by atoms with E-state index >= 15 is 0 Å². The Morgan fingerprint density at radius 1 is 1.10 bits per heavy atom. The number of carbonyl (C=O) groups is 2. The molecular weight excluding hydrogens is 408 g/mol. The van der Waals surface area contributed by atoms with Crippen molar-refractivity contribution >= 4 is 27.6 Å². The van der Waals surface area contributed by atoms with E-state index in [1.165, 1.54) is 28.6 Å². The van der Waals surface area contributed by atoms with Crippen LogP contribution in [0, 0.1) is 0 Å². The van der Waals surface area contributed by atoms with Crippen molar-refractivity contribution in [1.82, 2.24) is 4.31 Å². The molecule has 0 bridgehead atoms. The maximum Gasteiger partial charge on any atom is 0.338 e. The van der Waals surface area contributed by atoms with Gasteiger partial charge in [-0.25, -0.2) is 13.2 Å². The summed E-state index contributed by atoms with van der Waals surface area (Å²) >= 11 is 0. The Morgan fingerprint density at radius 3 is 2.57 bits per heavy atom. The zero-order valence-corrected chi connectivity index (χ0v) is 17.5. The number of anilines is 1. The van der Waals surface area contributed by atoms with Gasteiger partial charge in [0.15, 0.2) is 6.61 Å². The summed E-state index contributed by atoms with van der Waals surface area (Å²) in [4.78, 5) is 24.4. The zero-order chi connectivity index (χ0) is 21.6. The molecule has 1 N–H and O–H groups in total. The fourth-order valence-corrected chi connectivity index (χ4v) is 4.45. The molecule has 1 saturated heterocycles. The van der Waals surface area contributed by atoms with Gasteiger partial charge in [-0.2, -0.15) is 4.31 Å². The fourth-order valence-electron chi connectivity index (χ4n) is 3.00. The number of esters is 1. The molecule has 1 amide bonds. The van der Waals surface area contributed by atoms with Crippen LogP contribution in [-0.2, 0) is 30.7 Å². The number of morpholine rings is 1. The smallest absolute Gasteiger partial charge is 0.338 e. The van der Waals surface area contributed by atoms with Crippen LogP contribution in [0.2, 0.25) is 0 Å². The molecule has 3 rings (SSSR count). The highest BCUT2D eigenvalue weighted by Gasteiger charge is 2.27. The monoisotopic (exact) mass is 432 g/mol. The lowest BCUT2D eigenvalue weighted by atomic mass is 10.1. The van der Waals surface area contributed by atoms with Crippen molar-refractivity contribution < 1.29 is 27.5 Å². The van der Waals surface area contributed by atoms with E-state index in [1.807, 2.05) is 25.1 Å². The first-order chi connectivity index (χ1) is 14.4. The van der Waals surface area contributed by atoms with Crippen LogP contribution in [-0.4, -0.2) is 57.5 Å². The predicted molar refractivity (Wildman–Crippen MR) is 111 cm³/mol. The van der Waals surface area contributed by atoms with Gasteiger partial charge >= 0.3 is 5.97 Å². The SMILES string of the molecule is CCc1cccc(NC(=O)COC(=O)c2cccc(S(=O)(=O)N3CCOCC3)c2)c1. The van der Waals surface area contributed by atoms with Crippen molar-refractivity contribution in [3.63, 3.8) is 0 Å². The lowest BCUT2D eigenvalue weighted by Crippen LogP contribution is -2.40. The van der Waals surface area contributed by atoms with Crippen LogP contribution < -0.4 is 5.32 Å². The van der Waals surface area contributed by atoms with E-state index in [-0.39, 0.29) is 23.5 Å². The normalized spacial score (nSPS) is 14.8. The molecule has 2 aromatic rings. The summed E-state index contributed by atoms with van der Waals surface area (Å²) in [5.41, 5.74) is 1.75. The molecule has 0 radical (unpaired) electrons. The number of ether oxygens (including phenoxy) is 2. The maximum absolute atomic E-state index is 12.7. The first-order valence-corrected chi connectivity index (χ1v) is 11.1. The van der Waals surface area contributed by atoms with Crippen molar-refractivity contribution in [3.05, 3.63) is 59.7 Å². The molecule has 0 aromatic heterocycles. The standard InChI is InChI=1S/C21H24N2O6S/c1-2-16-5-3-7-18(13-16)22-20(24)15-29-21(25)17-6-4-8-19(14-17)30(26,27)23-9-11-28-12-10-23/h3-8,13-14H,2,9-12,15H2,1H3,(H,22,24). The van der Waals surface area contributed by atoms with E-state index in [9.17, 15) is 18.0 Å². The van der Waals surface area contributed by atoms with Crippen molar-refractivity contribution in [2.45, 2.75) is 18.2 Å². The molecule has 2 aromatic carbocycles. The molecule has 1 aliphatic heterocycles. The molecule has 0 saturated carbocycles. The number of carbonyl (C=O) groups excluding carboxylic acids is 2. The number of hydrogen-bond donors (Lipinski definition) is 1. The molecule has 1 heterocycles. The van der Waals surface area contributed by atoms with Gasteiger partial charge in [-0.3, -0.25) is 4.79 Å². The van der Waals surface area contributed by atoms with Gasteiger partial charge in [0.25, 0.3) is 5.91 Å². The van der Waals surface area contributed by atoms with E-state index < -0.39 is 28.5 Å². The predicted octanol–water partition coefficient (Wildman–Crippen LogP) is 2.07. The van der Waals surface area contributed by atoms with Gasteiger partial charge in [-0.15, -0.1) is 0 Å². The van der Waals surface area contributed by atoms with Gasteiger partial charge in [0.2, 0.25) is 10.0 Å². The third kappa shape index (κ3) is 5.44. The fraction of sp³-hybridized carbons (Fsp3) is 0.333. The minimum Gasteiger partial charge on any atom is -0.452 e. The van der Waals surface area contributed by atoms with Crippen molar-refractivity contribution in [2.24, 2.45) is 0 Å². The number of nitrogens with one attached hydrogen (secondary N) is 1. The number of benzene rings is 2. The first kappa shape index (κ1) is 21.9. The molecule has 30 heavy (non-hydrogen) atoms. The van der Waals surface area contributed by atoms with Crippen LogP contribution >= 0.6 is 0 Å². The summed E-state index contributed by atoms with van der Waals surface area (Å²) in [6, 6.07) is 13.0. The highest BCUT2D eigenvalue weighted by atomic mass is 32.2. The van der Waals surface area contributed by atoms with Crippen LogP contribution in [0.4, 0.5) is 5.69 Å². The molecule has 1 aliphatic rings. The van der Waals surface area contributed by atoms with E-state index in [2.05, 4.69) is 5.32 Å². The zero-order valence-electron chi connectivity index (χ0n) is 16.7. The second-order valence-corrected chi connectivity index (χ2v) is 8.66. The molecule has 0 unspecified atom stereocenters. The Bertz CT molecular complexity index is 1020. The lowest BCUT2D eigenvalue weighted by Gasteiger charge is -2.26. The molecular formula is C21H24N2O6S. The Morgan fingerprint density at radius 2 is 1.83 bits per heavy atom. The summed E-state index contributed by atoms with van der Waals surface area (Å²) in [6.45, 7) is 2.72. The van der Waals surface area contributed by atoms with Crippen LogP contribution in [0.1, 0.15) is 22.8 Å². The van der Waals surface area contributed by atoms with Gasteiger partial charge < -0.3 is 14.8 Å². The third-order valence-corrected chi connectivity index (χ3v) is 6.53. The summed E-state index contributed by atoms with van der Waals surface area (Å²) in [7, 11) is -3.73. The summed E-state index contributed by atoms with van der Waals surface area (Å²) < 4.78 is 37.0. The quantitative estimate of drug-likeness (QED) is 0.672. The number of sulfonamides is 1. The van der Waals surface area contributed by atoms with Crippen molar-refractivity contribution in [1.29, 1.82) is 0 Å². The Balaban J connectivity index is 1.61. The number of nitrogens with zero attached hydrogens (tertiary/aromatic N) is 1. The van der Waals surface area contributed by atoms with Gasteiger partial charge in [0.05, 0.1) is 23.7 Å². The number of aryl methyl sites for hydroxylation is 1. The van der Waals surface area contributed by atoms with Crippen LogP contribution in [0.5, 0.6) is 0 Å². The Hall–Kier alpha value is -2.75. The average Bonchev–Trinajstić information content (AvgIpc) is 2.78. The van der Waals surface area contributed by atoms with Gasteiger partial charge in [0, 0.05) is 18.8 Å². The van der Waals surface area contributed by atoms with Crippen LogP contribution in [0.15, 0.2) is 53.4 Å². The van der Waals surface area contributed by atoms with Gasteiger partial charge in [0.1, 0.15) is 0 Å². The molecule has 1 fully saturated rings. The van der Waals surface area contributed by atoms with Gasteiger partial charge in [-0.1, -0.05) is 25.1 Å².